The number of imidazole rings is 2. The normalized spacial score (nSPS) is 19.4. The van der Waals surface area contributed by atoms with Gasteiger partial charge >= 0.3 is 0 Å². The number of hydrogen-bond acceptors (Lipinski definition) is 2. The summed E-state index contributed by atoms with van der Waals surface area (Å²) in [7, 11) is 0. The first kappa shape index (κ1) is 14.5. The number of hydrogen-bond donors (Lipinski definition) is 2. The Morgan fingerprint density at radius 1 is 1.18 bits per heavy atom. The summed E-state index contributed by atoms with van der Waals surface area (Å²) in [5.74, 6) is -0.141. The average molecular weight is 298 g/mol. The van der Waals surface area contributed by atoms with Gasteiger partial charge in [-0.1, -0.05) is 13.0 Å². The first-order chi connectivity index (χ1) is 10.7. The van der Waals surface area contributed by atoms with Crippen LogP contribution in [0.2, 0.25) is 0 Å². The van der Waals surface area contributed by atoms with Crippen molar-refractivity contribution in [3.63, 3.8) is 0 Å². The number of halogens is 1. The highest BCUT2D eigenvalue weighted by Gasteiger charge is 2.38. The molecule has 1 atom stereocenters. The van der Waals surface area contributed by atoms with Crippen molar-refractivity contribution < 1.29 is 4.39 Å². The van der Waals surface area contributed by atoms with Crippen LogP contribution in [0.25, 0.3) is 0 Å². The third-order valence-corrected chi connectivity index (χ3v) is 4.35. The standard InChI is InChI=1S/C14H15FN2.C3H4N2/c1-2-14(13-8-16-9-17-13)6-10-3-4-12(15)5-11(10)7-14;1-2-5-3-4-1/h3-5,8-9H,2,6-7H2,1H3,(H,16,17);1-3H,(H,4,5). The van der Waals surface area contributed by atoms with E-state index in [-0.39, 0.29) is 11.2 Å². The maximum Gasteiger partial charge on any atom is 0.123 e. The second-order valence-corrected chi connectivity index (χ2v) is 5.62. The highest BCUT2D eigenvalue weighted by molar-refractivity contribution is 5.40. The number of H-pyrrole nitrogens is 2. The number of aromatic nitrogens is 4. The Balaban J connectivity index is 0.000000246. The Morgan fingerprint density at radius 3 is 2.64 bits per heavy atom. The zero-order valence-corrected chi connectivity index (χ0v) is 12.5. The molecule has 2 N–H and O–H groups in total. The quantitative estimate of drug-likeness (QED) is 0.762. The molecule has 2 aromatic heterocycles. The van der Waals surface area contributed by atoms with E-state index in [0.717, 1.165) is 30.5 Å². The van der Waals surface area contributed by atoms with Gasteiger partial charge in [-0.3, -0.25) is 0 Å². The highest BCUT2D eigenvalue weighted by atomic mass is 19.1. The fourth-order valence-corrected chi connectivity index (χ4v) is 3.10. The molecule has 0 saturated heterocycles. The van der Waals surface area contributed by atoms with E-state index in [1.54, 1.807) is 37.2 Å². The molecule has 3 aromatic rings. The lowest BCUT2D eigenvalue weighted by Crippen LogP contribution is -2.26. The number of aromatic amines is 2. The minimum absolute atomic E-state index is 0.0517. The van der Waals surface area contributed by atoms with Crippen LogP contribution in [-0.4, -0.2) is 19.9 Å². The lowest BCUT2D eigenvalue weighted by atomic mass is 9.79. The molecule has 1 aliphatic carbocycles. The third kappa shape index (κ3) is 2.79. The van der Waals surface area contributed by atoms with Crippen molar-refractivity contribution in [2.45, 2.75) is 31.6 Å². The minimum atomic E-state index is -0.141. The van der Waals surface area contributed by atoms with Gasteiger partial charge in [0.1, 0.15) is 5.82 Å². The molecule has 0 saturated carbocycles. The molecule has 1 aliphatic rings. The zero-order valence-electron chi connectivity index (χ0n) is 12.5. The number of rotatable bonds is 2. The largest absolute Gasteiger partial charge is 0.351 e. The smallest absolute Gasteiger partial charge is 0.123 e. The molecule has 2 heterocycles. The van der Waals surface area contributed by atoms with Gasteiger partial charge in [0.05, 0.1) is 18.3 Å². The SMILES string of the molecule is CCC1(c2c[nH]cn2)Cc2ccc(F)cc2C1.c1c[nH]cn1. The summed E-state index contributed by atoms with van der Waals surface area (Å²) in [5.41, 5.74) is 3.54. The molecule has 5 heteroatoms. The first-order valence-corrected chi connectivity index (χ1v) is 7.43. The number of benzene rings is 1. The summed E-state index contributed by atoms with van der Waals surface area (Å²) in [6, 6.07) is 5.13. The molecule has 4 nitrogen and oxygen atoms in total. The molecule has 114 valence electrons. The van der Waals surface area contributed by atoms with Crippen molar-refractivity contribution >= 4 is 0 Å². The predicted octanol–water partition coefficient (Wildman–Crippen LogP) is 3.41. The second kappa shape index (κ2) is 6.13. The number of fused-ring (bicyclic) bond motifs is 1. The van der Waals surface area contributed by atoms with Crippen LogP contribution in [0, 0.1) is 5.82 Å². The van der Waals surface area contributed by atoms with Gasteiger partial charge < -0.3 is 9.97 Å². The van der Waals surface area contributed by atoms with Crippen LogP contribution in [-0.2, 0) is 18.3 Å². The summed E-state index contributed by atoms with van der Waals surface area (Å²) in [6.45, 7) is 2.18. The molecule has 0 radical (unpaired) electrons. The van der Waals surface area contributed by atoms with Gasteiger partial charge in [0.15, 0.2) is 0 Å². The van der Waals surface area contributed by atoms with Crippen LogP contribution >= 0.6 is 0 Å². The Morgan fingerprint density at radius 2 is 2.05 bits per heavy atom. The topological polar surface area (TPSA) is 57.4 Å². The molecule has 4 rings (SSSR count). The van der Waals surface area contributed by atoms with Crippen molar-refractivity contribution in [2.75, 3.05) is 0 Å². The molecule has 0 spiro atoms. The fourth-order valence-electron chi connectivity index (χ4n) is 3.10. The van der Waals surface area contributed by atoms with Gasteiger partial charge in [0.2, 0.25) is 0 Å². The van der Waals surface area contributed by atoms with Crippen molar-refractivity contribution in [3.05, 3.63) is 72.1 Å². The van der Waals surface area contributed by atoms with Gasteiger partial charge in [-0.15, -0.1) is 0 Å². The van der Waals surface area contributed by atoms with Gasteiger partial charge in [0, 0.05) is 24.0 Å². The minimum Gasteiger partial charge on any atom is -0.351 e. The number of nitrogens with zero attached hydrogens (tertiary/aromatic N) is 2. The second-order valence-electron chi connectivity index (χ2n) is 5.62. The Bertz CT molecular complexity index is 689. The fraction of sp³-hybridized carbons (Fsp3) is 0.294. The van der Waals surface area contributed by atoms with E-state index >= 15 is 0 Å². The maximum absolute atomic E-state index is 13.2. The van der Waals surface area contributed by atoms with E-state index < -0.39 is 0 Å². The monoisotopic (exact) mass is 298 g/mol. The highest BCUT2D eigenvalue weighted by Crippen LogP contribution is 2.41. The van der Waals surface area contributed by atoms with E-state index in [2.05, 4.69) is 26.9 Å². The van der Waals surface area contributed by atoms with Gasteiger partial charge in [-0.05, 0) is 42.5 Å². The molecule has 0 aliphatic heterocycles. The lowest BCUT2D eigenvalue weighted by Gasteiger charge is -2.25. The van der Waals surface area contributed by atoms with Crippen molar-refractivity contribution in [1.29, 1.82) is 0 Å². The van der Waals surface area contributed by atoms with Crippen molar-refractivity contribution in [2.24, 2.45) is 0 Å². The van der Waals surface area contributed by atoms with E-state index in [1.165, 1.54) is 5.56 Å². The van der Waals surface area contributed by atoms with E-state index in [0.29, 0.717) is 0 Å². The van der Waals surface area contributed by atoms with E-state index in [4.69, 9.17) is 0 Å². The van der Waals surface area contributed by atoms with Crippen LogP contribution < -0.4 is 0 Å². The summed E-state index contributed by atoms with van der Waals surface area (Å²) in [6.07, 6.45) is 11.6. The maximum atomic E-state index is 13.2. The first-order valence-electron chi connectivity index (χ1n) is 7.43. The summed E-state index contributed by atoms with van der Waals surface area (Å²) < 4.78 is 13.2. The van der Waals surface area contributed by atoms with Crippen LogP contribution in [0.3, 0.4) is 0 Å². The molecular weight excluding hydrogens is 279 g/mol. The van der Waals surface area contributed by atoms with Crippen molar-refractivity contribution in [3.8, 4) is 0 Å². The van der Waals surface area contributed by atoms with E-state index in [9.17, 15) is 4.39 Å². The van der Waals surface area contributed by atoms with Crippen LogP contribution in [0.1, 0.15) is 30.2 Å². The van der Waals surface area contributed by atoms with Crippen LogP contribution in [0.5, 0.6) is 0 Å². The predicted molar refractivity (Wildman–Crippen MR) is 83.0 cm³/mol. The van der Waals surface area contributed by atoms with Crippen LogP contribution in [0.4, 0.5) is 4.39 Å². The molecule has 0 amide bonds. The van der Waals surface area contributed by atoms with Crippen LogP contribution in [0.15, 0.2) is 49.4 Å². The molecule has 0 fully saturated rings. The average Bonchev–Trinajstić information content (AvgIpc) is 3.27. The summed E-state index contributed by atoms with van der Waals surface area (Å²) >= 11 is 0. The van der Waals surface area contributed by atoms with E-state index in [1.807, 2.05) is 12.3 Å². The molecular formula is C17H19FN4. The van der Waals surface area contributed by atoms with Crippen molar-refractivity contribution in [1.82, 2.24) is 19.9 Å². The summed E-state index contributed by atoms with van der Waals surface area (Å²) in [5, 5.41) is 0. The Kier molecular flexibility index (Phi) is 4.04. The third-order valence-electron chi connectivity index (χ3n) is 4.35. The Labute approximate surface area is 128 Å². The molecule has 1 aromatic carbocycles. The number of nitrogens with one attached hydrogen (secondary N) is 2. The molecule has 0 bridgehead atoms. The van der Waals surface area contributed by atoms with Gasteiger partial charge in [-0.25, -0.2) is 14.4 Å². The molecule has 1 unspecified atom stereocenters. The molecule has 22 heavy (non-hydrogen) atoms. The van der Waals surface area contributed by atoms with Gasteiger partial charge in [0.25, 0.3) is 0 Å². The lowest BCUT2D eigenvalue weighted by molar-refractivity contribution is 0.423. The van der Waals surface area contributed by atoms with Gasteiger partial charge in [-0.2, -0.15) is 0 Å². The zero-order chi connectivity index (χ0) is 15.4. The Hall–Kier alpha value is -2.43. The summed E-state index contributed by atoms with van der Waals surface area (Å²) in [4.78, 5) is 13.8.